The van der Waals surface area contributed by atoms with E-state index in [2.05, 4.69) is 5.32 Å². The number of methoxy groups -OCH3 is 2. The van der Waals surface area contributed by atoms with Gasteiger partial charge in [0.1, 0.15) is 12.3 Å². The number of imide groups is 1. The van der Waals surface area contributed by atoms with Crippen molar-refractivity contribution < 1.29 is 29.0 Å². The zero-order chi connectivity index (χ0) is 21.0. The number of rotatable bonds is 6. The lowest BCUT2D eigenvalue weighted by Gasteiger charge is -2.12. The van der Waals surface area contributed by atoms with E-state index >= 15 is 0 Å². The van der Waals surface area contributed by atoms with E-state index in [4.69, 9.17) is 9.47 Å². The SMILES string of the molecule is COc1ccc(NC(=O)CN2C(=O)S/C(=C\c3ccc(O)c(OC)c3)C2=O)cc1. The summed E-state index contributed by atoms with van der Waals surface area (Å²) in [4.78, 5) is 38.1. The predicted molar refractivity (Wildman–Crippen MR) is 109 cm³/mol. The van der Waals surface area contributed by atoms with E-state index in [1.165, 1.54) is 26.4 Å². The summed E-state index contributed by atoms with van der Waals surface area (Å²) in [6, 6.07) is 11.2. The highest BCUT2D eigenvalue weighted by atomic mass is 32.2. The van der Waals surface area contributed by atoms with Gasteiger partial charge >= 0.3 is 0 Å². The van der Waals surface area contributed by atoms with Crippen molar-refractivity contribution in [3.05, 3.63) is 52.9 Å². The third kappa shape index (κ3) is 4.69. The lowest BCUT2D eigenvalue weighted by Crippen LogP contribution is -2.36. The first kappa shape index (κ1) is 20.3. The van der Waals surface area contributed by atoms with E-state index in [0.717, 1.165) is 16.7 Å². The van der Waals surface area contributed by atoms with Gasteiger partial charge in [-0.25, -0.2) is 0 Å². The van der Waals surface area contributed by atoms with Crippen molar-refractivity contribution in [2.45, 2.75) is 0 Å². The normalized spacial score (nSPS) is 15.0. The van der Waals surface area contributed by atoms with Crippen molar-refractivity contribution in [3.63, 3.8) is 0 Å². The first-order chi connectivity index (χ1) is 13.9. The molecule has 3 rings (SSSR count). The molecule has 0 saturated carbocycles. The van der Waals surface area contributed by atoms with Crippen LogP contribution in [0, 0.1) is 0 Å². The number of phenols is 1. The fourth-order valence-corrected chi connectivity index (χ4v) is 3.43. The van der Waals surface area contributed by atoms with Crippen LogP contribution in [0.5, 0.6) is 17.2 Å². The Hall–Kier alpha value is -3.46. The smallest absolute Gasteiger partial charge is 0.294 e. The van der Waals surface area contributed by atoms with Crippen molar-refractivity contribution in [1.29, 1.82) is 0 Å². The van der Waals surface area contributed by atoms with Gasteiger partial charge in [0.15, 0.2) is 11.5 Å². The number of thioether (sulfide) groups is 1. The van der Waals surface area contributed by atoms with E-state index < -0.39 is 23.6 Å². The number of hydrogen-bond donors (Lipinski definition) is 2. The molecule has 0 atom stereocenters. The highest BCUT2D eigenvalue weighted by molar-refractivity contribution is 8.18. The Balaban J connectivity index is 1.69. The van der Waals surface area contributed by atoms with Crippen LogP contribution in [0.4, 0.5) is 10.5 Å². The topological polar surface area (TPSA) is 105 Å². The number of nitrogens with one attached hydrogen (secondary N) is 1. The van der Waals surface area contributed by atoms with Crippen LogP contribution in [-0.4, -0.2) is 47.8 Å². The van der Waals surface area contributed by atoms with Gasteiger partial charge in [-0.15, -0.1) is 0 Å². The van der Waals surface area contributed by atoms with E-state index in [1.807, 2.05) is 0 Å². The van der Waals surface area contributed by atoms with Crippen LogP contribution in [-0.2, 0) is 9.59 Å². The number of nitrogens with zero attached hydrogens (tertiary/aromatic N) is 1. The molecule has 8 nitrogen and oxygen atoms in total. The number of amides is 3. The van der Waals surface area contributed by atoms with Crippen LogP contribution in [0.1, 0.15) is 5.56 Å². The monoisotopic (exact) mass is 414 g/mol. The Kier molecular flexibility index (Phi) is 6.08. The predicted octanol–water partition coefficient (Wildman–Crippen LogP) is 3.08. The Bertz CT molecular complexity index is 987. The molecule has 1 saturated heterocycles. The fourth-order valence-electron chi connectivity index (χ4n) is 2.59. The molecule has 0 radical (unpaired) electrons. The van der Waals surface area contributed by atoms with Crippen molar-refractivity contribution in [3.8, 4) is 17.2 Å². The van der Waals surface area contributed by atoms with Gasteiger partial charge in [0, 0.05) is 5.69 Å². The summed E-state index contributed by atoms with van der Waals surface area (Å²) in [6.07, 6.45) is 1.51. The van der Waals surface area contributed by atoms with Gasteiger partial charge in [-0.2, -0.15) is 0 Å². The van der Waals surface area contributed by atoms with Gasteiger partial charge in [-0.3, -0.25) is 19.3 Å². The number of carbonyl (C=O) groups excluding carboxylic acids is 3. The molecule has 0 aliphatic carbocycles. The lowest BCUT2D eigenvalue weighted by molar-refractivity contribution is -0.127. The minimum absolute atomic E-state index is 0.0343. The van der Waals surface area contributed by atoms with Crippen LogP contribution in [0.25, 0.3) is 6.08 Å². The molecule has 9 heteroatoms. The molecule has 0 unspecified atom stereocenters. The van der Waals surface area contributed by atoms with Gasteiger partial charge < -0.3 is 19.9 Å². The molecule has 1 fully saturated rings. The van der Waals surface area contributed by atoms with Gasteiger partial charge in [0.05, 0.1) is 19.1 Å². The molecule has 2 N–H and O–H groups in total. The van der Waals surface area contributed by atoms with E-state index in [-0.39, 0.29) is 16.4 Å². The number of hydrogen-bond acceptors (Lipinski definition) is 7. The summed E-state index contributed by atoms with van der Waals surface area (Å²) in [5, 5.41) is 11.8. The molecule has 2 aromatic carbocycles. The Morgan fingerprint density at radius 2 is 1.86 bits per heavy atom. The maximum atomic E-state index is 12.6. The molecule has 29 heavy (non-hydrogen) atoms. The Morgan fingerprint density at radius 3 is 2.52 bits per heavy atom. The fraction of sp³-hybridized carbons (Fsp3) is 0.150. The summed E-state index contributed by atoms with van der Waals surface area (Å²) in [6.45, 7) is -0.396. The third-order valence-electron chi connectivity index (χ3n) is 4.05. The van der Waals surface area contributed by atoms with E-state index in [9.17, 15) is 19.5 Å². The zero-order valence-corrected chi connectivity index (χ0v) is 16.5. The van der Waals surface area contributed by atoms with Crippen molar-refractivity contribution >= 4 is 40.6 Å². The van der Waals surface area contributed by atoms with Crippen LogP contribution in [0.15, 0.2) is 47.4 Å². The van der Waals surface area contributed by atoms with Crippen LogP contribution < -0.4 is 14.8 Å². The second kappa shape index (κ2) is 8.70. The van der Waals surface area contributed by atoms with Crippen molar-refractivity contribution in [2.24, 2.45) is 0 Å². The molecule has 0 bridgehead atoms. The van der Waals surface area contributed by atoms with Gasteiger partial charge in [-0.05, 0) is 59.8 Å². The van der Waals surface area contributed by atoms with Crippen molar-refractivity contribution in [2.75, 3.05) is 26.1 Å². The number of carbonyl (C=O) groups is 3. The molecular weight excluding hydrogens is 396 g/mol. The largest absolute Gasteiger partial charge is 0.504 e. The molecular formula is C20H18N2O6S. The number of ether oxygens (including phenoxy) is 2. The minimum atomic E-state index is -0.558. The van der Waals surface area contributed by atoms with Crippen LogP contribution >= 0.6 is 11.8 Å². The molecule has 2 aromatic rings. The average Bonchev–Trinajstić information content (AvgIpc) is 2.97. The van der Waals surface area contributed by atoms with Crippen LogP contribution in [0.2, 0.25) is 0 Å². The first-order valence-corrected chi connectivity index (χ1v) is 9.29. The summed E-state index contributed by atoms with van der Waals surface area (Å²) in [5.41, 5.74) is 1.10. The Labute approximate surface area is 171 Å². The maximum absolute atomic E-state index is 12.6. The quantitative estimate of drug-likeness (QED) is 0.700. The minimum Gasteiger partial charge on any atom is -0.504 e. The third-order valence-corrected chi connectivity index (χ3v) is 4.96. The summed E-state index contributed by atoms with van der Waals surface area (Å²) in [7, 11) is 2.95. The highest BCUT2D eigenvalue weighted by Crippen LogP contribution is 2.34. The van der Waals surface area contributed by atoms with Gasteiger partial charge in [0.25, 0.3) is 11.1 Å². The Morgan fingerprint density at radius 1 is 1.14 bits per heavy atom. The van der Waals surface area contributed by atoms with Crippen LogP contribution in [0.3, 0.4) is 0 Å². The second-order valence-electron chi connectivity index (χ2n) is 5.98. The number of benzene rings is 2. The molecule has 1 aliphatic heterocycles. The highest BCUT2D eigenvalue weighted by Gasteiger charge is 2.36. The summed E-state index contributed by atoms with van der Waals surface area (Å²) >= 11 is 0.746. The molecule has 0 aromatic heterocycles. The molecule has 3 amide bonds. The van der Waals surface area contributed by atoms with Gasteiger partial charge in [-0.1, -0.05) is 6.07 Å². The molecule has 1 aliphatic rings. The molecule has 1 heterocycles. The standard InChI is InChI=1S/C20H18N2O6S/c1-27-14-6-4-13(5-7-14)21-18(24)11-22-19(25)17(29-20(22)26)10-12-3-8-15(23)16(9-12)28-2/h3-10,23H,11H2,1-2H3,(H,21,24)/b17-10-. The number of anilines is 1. The summed E-state index contributed by atoms with van der Waals surface area (Å²) in [5.74, 6) is -0.198. The first-order valence-electron chi connectivity index (χ1n) is 8.47. The lowest BCUT2D eigenvalue weighted by atomic mass is 10.2. The second-order valence-corrected chi connectivity index (χ2v) is 6.97. The zero-order valence-electron chi connectivity index (χ0n) is 15.7. The molecule has 0 spiro atoms. The number of aromatic hydroxyl groups is 1. The average molecular weight is 414 g/mol. The summed E-state index contributed by atoms with van der Waals surface area (Å²) < 4.78 is 10.1. The number of phenolic OH excluding ortho intramolecular Hbond substituents is 1. The molecule has 150 valence electrons. The maximum Gasteiger partial charge on any atom is 0.294 e. The van der Waals surface area contributed by atoms with E-state index in [0.29, 0.717) is 17.0 Å². The van der Waals surface area contributed by atoms with Crippen molar-refractivity contribution in [1.82, 2.24) is 4.90 Å². The van der Waals surface area contributed by atoms with E-state index in [1.54, 1.807) is 36.4 Å². The van der Waals surface area contributed by atoms with Gasteiger partial charge in [0.2, 0.25) is 5.91 Å².